The van der Waals surface area contributed by atoms with Gasteiger partial charge in [0.05, 0.1) is 17.8 Å². The quantitative estimate of drug-likeness (QED) is 0.757. The third kappa shape index (κ3) is 2.11. The Hall–Kier alpha value is -2.82. The zero-order chi connectivity index (χ0) is 15.1. The first kappa shape index (κ1) is 12.9. The van der Waals surface area contributed by atoms with Crippen molar-refractivity contribution in [3.8, 4) is 11.1 Å². The molecule has 0 unspecified atom stereocenters. The molecule has 0 aromatic heterocycles. The van der Waals surface area contributed by atoms with Crippen molar-refractivity contribution in [3.63, 3.8) is 0 Å². The van der Waals surface area contributed by atoms with Crippen molar-refractivity contribution in [3.05, 3.63) is 42.0 Å². The van der Waals surface area contributed by atoms with E-state index in [0.717, 1.165) is 33.8 Å². The lowest BCUT2D eigenvalue weighted by atomic mass is 10.00. The lowest BCUT2D eigenvalue weighted by Crippen LogP contribution is -2.10. The van der Waals surface area contributed by atoms with Crippen LogP contribution in [0, 0.1) is 0 Å². The molecule has 0 saturated carbocycles. The second-order valence-corrected chi connectivity index (χ2v) is 5.55. The van der Waals surface area contributed by atoms with E-state index in [2.05, 4.69) is 16.0 Å². The number of carbonyl (C=O) groups is 2. The molecule has 0 aliphatic carbocycles. The average molecular weight is 293 g/mol. The number of hydrogen-bond donors (Lipinski definition) is 3. The minimum absolute atomic E-state index is 0.0182. The summed E-state index contributed by atoms with van der Waals surface area (Å²) >= 11 is 0. The van der Waals surface area contributed by atoms with E-state index in [4.69, 9.17) is 0 Å². The molecular weight excluding hydrogens is 278 g/mol. The van der Waals surface area contributed by atoms with E-state index >= 15 is 0 Å². The van der Waals surface area contributed by atoms with Gasteiger partial charge in [0.2, 0.25) is 11.8 Å². The van der Waals surface area contributed by atoms with E-state index in [0.29, 0.717) is 19.4 Å². The summed E-state index contributed by atoms with van der Waals surface area (Å²) in [5.74, 6) is 0.0500. The number of nitrogens with one attached hydrogen (secondary N) is 3. The minimum Gasteiger partial charge on any atom is -0.382 e. The number of benzene rings is 2. The van der Waals surface area contributed by atoms with Crippen LogP contribution in [0.5, 0.6) is 0 Å². The zero-order valence-electron chi connectivity index (χ0n) is 11.9. The molecule has 5 nitrogen and oxygen atoms in total. The topological polar surface area (TPSA) is 70.2 Å². The van der Waals surface area contributed by atoms with Crippen molar-refractivity contribution in [1.29, 1.82) is 0 Å². The lowest BCUT2D eigenvalue weighted by molar-refractivity contribution is -0.116. The Balaban J connectivity index is 1.81. The molecule has 2 aromatic carbocycles. The number of rotatable bonds is 1. The standard InChI is InChI=1S/C17H15N3O2/c21-15-6-7-18-17-12(2-1-3-13(17)19-15)10-4-5-11-9-16(22)20-14(11)8-10/h1-5,8,18H,6-7,9H2,(H,19,21)(H,20,22). The summed E-state index contributed by atoms with van der Waals surface area (Å²) in [6.07, 6.45) is 0.894. The van der Waals surface area contributed by atoms with Crippen molar-refractivity contribution in [2.75, 3.05) is 22.5 Å². The number of para-hydroxylation sites is 1. The molecule has 2 aliphatic rings. The predicted octanol–water partition coefficient (Wildman–Crippen LogP) is 2.60. The SMILES string of the molecule is O=C1Cc2ccc(-c3cccc4c3NCCC(=O)N4)cc2N1. The fraction of sp³-hybridized carbons (Fsp3) is 0.176. The van der Waals surface area contributed by atoms with Gasteiger partial charge in [-0.3, -0.25) is 9.59 Å². The second-order valence-electron chi connectivity index (χ2n) is 5.55. The monoisotopic (exact) mass is 293 g/mol. The molecule has 3 N–H and O–H groups in total. The molecule has 0 atom stereocenters. The van der Waals surface area contributed by atoms with Crippen LogP contribution in [0.15, 0.2) is 36.4 Å². The van der Waals surface area contributed by atoms with Gasteiger partial charge in [0.25, 0.3) is 0 Å². The van der Waals surface area contributed by atoms with E-state index in [1.54, 1.807) is 0 Å². The first-order chi connectivity index (χ1) is 10.7. The van der Waals surface area contributed by atoms with Gasteiger partial charge in [-0.2, -0.15) is 0 Å². The summed E-state index contributed by atoms with van der Waals surface area (Å²) in [6.45, 7) is 0.609. The maximum absolute atomic E-state index is 11.7. The number of hydrogen-bond acceptors (Lipinski definition) is 3. The fourth-order valence-corrected chi connectivity index (χ4v) is 2.98. The van der Waals surface area contributed by atoms with Crippen LogP contribution in [0.25, 0.3) is 11.1 Å². The molecule has 2 aromatic rings. The van der Waals surface area contributed by atoms with E-state index in [-0.39, 0.29) is 11.8 Å². The van der Waals surface area contributed by atoms with E-state index in [9.17, 15) is 9.59 Å². The Morgan fingerprint density at radius 2 is 1.77 bits per heavy atom. The van der Waals surface area contributed by atoms with Crippen molar-refractivity contribution >= 4 is 28.9 Å². The van der Waals surface area contributed by atoms with Gasteiger partial charge in [0.1, 0.15) is 0 Å². The third-order valence-corrected chi connectivity index (χ3v) is 4.04. The summed E-state index contributed by atoms with van der Waals surface area (Å²) < 4.78 is 0. The smallest absolute Gasteiger partial charge is 0.228 e. The molecule has 2 heterocycles. The minimum atomic E-state index is 0.0182. The number of fused-ring (bicyclic) bond motifs is 2. The summed E-state index contributed by atoms with van der Waals surface area (Å²) in [4.78, 5) is 23.2. The van der Waals surface area contributed by atoms with Gasteiger partial charge >= 0.3 is 0 Å². The molecule has 2 aliphatic heterocycles. The van der Waals surface area contributed by atoms with Gasteiger partial charge in [-0.15, -0.1) is 0 Å². The Morgan fingerprint density at radius 3 is 2.68 bits per heavy atom. The lowest BCUT2D eigenvalue weighted by Gasteiger charge is -2.14. The maximum Gasteiger partial charge on any atom is 0.228 e. The van der Waals surface area contributed by atoms with Crippen LogP contribution in [0.1, 0.15) is 12.0 Å². The zero-order valence-corrected chi connectivity index (χ0v) is 11.9. The van der Waals surface area contributed by atoms with Crippen LogP contribution >= 0.6 is 0 Å². The van der Waals surface area contributed by atoms with Crippen LogP contribution in [0.2, 0.25) is 0 Å². The summed E-state index contributed by atoms with van der Waals surface area (Å²) in [5, 5.41) is 9.13. The van der Waals surface area contributed by atoms with E-state index in [1.165, 1.54) is 0 Å². The Kier molecular flexibility index (Phi) is 2.85. The molecule has 0 saturated heterocycles. The summed E-state index contributed by atoms with van der Waals surface area (Å²) in [5.41, 5.74) is 5.65. The normalized spacial score (nSPS) is 16.0. The Bertz CT molecular complexity index is 798. The summed E-state index contributed by atoms with van der Waals surface area (Å²) in [6, 6.07) is 11.8. The van der Waals surface area contributed by atoms with Gasteiger partial charge in [-0.05, 0) is 23.3 Å². The van der Waals surface area contributed by atoms with Gasteiger partial charge in [-0.1, -0.05) is 24.3 Å². The highest BCUT2D eigenvalue weighted by atomic mass is 16.2. The van der Waals surface area contributed by atoms with Crippen molar-refractivity contribution < 1.29 is 9.59 Å². The van der Waals surface area contributed by atoms with E-state index < -0.39 is 0 Å². The van der Waals surface area contributed by atoms with Gasteiger partial charge in [0.15, 0.2) is 0 Å². The molecular formula is C17H15N3O2. The van der Waals surface area contributed by atoms with Crippen LogP contribution in [0.3, 0.4) is 0 Å². The fourth-order valence-electron chi connectivity index (χ4n) is 2.98. The van der Waals surface area contributed by atoms with Crippen LogP contribution in [0.4, 0.5) is 17.1 Å². The maximum atomic E-state index is 11.7. The average Bonchev–Trinajstić information content (AvgIpc) is 2.76. The molecule has 4 rings (SSSR count). The first-order valence-electron chi connectivity index (χ1n) is 7.30. The molecule has 22 heavy (non-hydrogen) atoms. The highest BCUT2D eigenvalue weighted by molar-refractivity contribution is 6.02. The predicted molar refractivity (Wildman–Crippen MR) is 85.9 cm³/mol. The second kappa shape index (κ2) is 4.87. The van der Waals surface area contributed by atoms with Crippen molar-refractivity contribution in [1.82, 2.24) is 0 Å². The van der Waals surface area contributed by atoms with Crippen LogP contribution < -0.4 is 16.0 Å². The molecule has 2 amide bonds. The largest absolute Gasteiger partial charge is 0.382 e. The molecule has 5 heteroatoms. The summed E-state index contributed by atoms with van der Waals surface area (Å²) in [7, 11) is 0. The highest BCUT2D eigenvalue weighted by Crippen LogP contribution is 2.37. The Labute approximate surface area is 127 Å². The number of amides is 2. The van der Waals surface area contributed by atoms with Crippen LogP contribution in [-0.2, 0) is 16.0 Å². The van der Waals surface area contributed by atoms with Crippen LogP contribution in [-0.4, -0.2) is 18.4 Å². The number of carbonyl (C=O) groups excluding carboxylic acids is 2. The van der Waals surface area contributed by atoms with Gasteiger partial charge in [-0.25, -0.2) is 0 Å². The first-order valence-corrected chi connectivity index (χ1v) is 7.30. The molecule has 0 bridgehead atoms. The Morgan fingerprint density at radius 1 is 0.909 bits per heavy atom. The highest BCUT2D eigenvalue weighted by Gasteiger charge is 2.20. The van der Waals surface area contributed by atoms with Crippen molar-refractivity contribution in [2.45, 2.75) is 12.8 Å². The van der Waals surface area contributed by atoms with Gasteiger partial charge in [0, 0.05) is 24.2 Å². The van der Waals surface area contributed by atoms with Crippen molar-refractivity contribution in [2.24, 2.45) is 0 Å². The third-order valence-electron chi connectivity index (χ3n) is 4.04. The molecule has 0 spiro atoms. The van der Waals surface area contributed by atoms with E-state index in [1.807, 2.05) is 36.4 Å². The number of anilines is 3. The molecule has 0 radical (unpaired) electrons. The molecule has 110 valence electrons. The molecule has 0 fully saturated rings. The van der Waals surface area contributed by atoms with Gasteiger partial charge < -0.3 is 16.0 Å².